The van der Waals surface area contributed by atoms with Gasteiger partial charge in [-0.3, -0.25) is 0 Å². The van der Waals surface area contributed by atoms with E-state index in [-0.39, 0.29) is 61.8 Å². The molecule has 0 heterocycles. The molecule has 4 heavy (non-hydrogen) atoms. The molecule has 38 valence electrons. The van der Waals surface area contributed by atoms with Crippen LogP contribution in [0.25, 0.3) is 0 Å². The molecular formula is H2Cl2Cu2. The Labute approximate surface area is 61.8 Å². The third-order valence-corrected chi connectivity index (χ3v) is 0. The van der Waals surface area contributed by atoms with Crippen LogP contribution in [0.5, 0.6) is 0 Å². The molecule has 0 saturated heterocycles. The zero-order chi connectivity index (χ0) is 0. The van der Waals surface area contributed by atoms with Crippen molar-refractivity contribution in [2.75, 3.05) is 0 Å². The Morgan fingerprint density at radius 2 is 0.750 bits per heavy atom. The molecular weight excluding hydrogens is 198 g/mol. The van der Waals surface area contributed by atoms with Crippen molar-refractivity contribution in [3.05, 3.63) is 0 Å². The normalized spacial score (nSPS) is 0. The molecule has 0 aliphatic carbocycles. The third kappa shape index (κ3) is 9.47. The molecule has 0 amide bonds. The molecule has 0 fully saturated rings. The van der Waals surface area contributed by atoms with Crippen LogP contribution in [0.2, 0.25) is 0 Å². The van der Waals surface area contributed by atoms with Crippen LogP contribution in [0.4, 0.5) is 0 Å². The van der Waals surface area contributed by atoms with Crippen molar-refractivity contribution in [2.45, 2.75) is 0 Å². The first kappa shape index (κ1) is 45.7. The van der Waals surface area contributed by atoms with E-state index in [1.54, 1.807) is 0 Å². The van der Waals surface area contributed by atoms with Gasteiger partial charge < -0.3 is 27.7 Å². The molecule has 0 aromatic heterocycles. The molecule has 0 N–H and O–H groups in total. The molecule has 0 saturated carbocycles. The first-order chi connectivity index (χ1) is 0. The number of rotatable bonds is 0. The van der Waals surface area contributed by atoms with Gasteiger partial charge in [0.25, 0.3) is 0 Å². The molecule has 0 aromatic carbocycles. The van der Waals surface area contributed by atoms with E-state index in [9.17, 15) is 0 Å². The van der Waals surface area contributed by atoms with Gasteiger partial charge in [0.15, 0.2) is 0 Å². The summed E-state index contributed by atoms with van der Waals surface area (Å²) in [6.45, 7) is 0. The summed E-state index contributed by atoms with van der Waals surface area (Å²) in [7, 11) is 0. The molecule has 0 bridgehead atoms. The van der Waals surface area contributed by atoms with Gasteiger partial charge in [0, 0.05) is 0 Å². The summed E-state index contributed by atoms with van der Waals surface area (Å²) >= 11 is 0. The van der Waals surface area contributed by atoms with Crippen molar-refractivity contribution in [3.8, 4) is 0 Å². The van der Waals surface area contributed by atoms with E-state index in [4.69, 9.17) is 0 Å². The fourth-order valence-electron chi connectivity index (χ4n) is 0. The maximum atomic E-state index is 0. The minimum atomic E-state index is 0. The predicted molar refractivity (Wildman–Crippen MR) is 2.22 cm³/mol. The van der Waals surface area contributed by atoms with Crippen LogP contribution in [0.3, 0.4) is 0 Å². The van der Waals surface area contributed by atoms with E-state index in [1.807, 2.05) is 0 Å². The molecule has 0 nitrogen and oxygen atoms in total. The van der Waals surface area contributed by atoms with Gasteiger partial charge in [0.2, 0.25) is 0 Å². The Hall–Kier alpha value is 1.62. The van der Waals surface area contributed by atoms with E-state index in [0.717, 1.165) is 0 Å². The van der Waals surface area contributed by atoms with Gasteiger partial charge in [-0.1, -0.05) is 0 Å². The Morgan fingerprint density at radius 1 is 0.750 bits per heavy atom. The molecule has 0 aliphatic rings. The second-order valence-electron chi connectivity index (χ2n) is 0. The van der Waals surface area contributed by atoms with Crippen LogP contribution < -0.4 is 24.8 Å². The number of hydrogen-bond donors (Lipinski definition) is 0. The van der Waals surface area contributed by atoms with E-state index in [1.165, 1.54) is 0 Å². The van der Waals surface area contributed by atoms with Gasteiger partial charge in [-0.2, -0.15) is 0 Å². The minimum absolute atomic E-state index is 0. The fourth-order valence-corrected chi connectivity index (χ4v) is 0. The SMILES string of the molecule is [Cl-].[Cl-].[Cu+2].[Cu+2].[H-].[H-]. The van der Waals surface area contributed by atoms with Crippen LogP contribution in [0, 0.1) is 0 Å². The van der Waals surface area contributed by atoms with Crippen molar-refractivity contribution in [3.63, 3.8) is 0 Å². The molecule has 0 atom stereocenters. The molecule has 0 rings (SSSR count). The van der Waals surface area contributed by atoms with E-state index < -0.39 is 0 Å². The second kappa shape index (κ2) is 23.1. The molecule has 0 spiro atoms. The Bertz CT molecular complexity index is 9.51. The number of hydrogen-bond acceptors (Lipinski definition) is 0. The smallest absolute Gasteiger partial charge is 1.00 e. The summed E-state index contributed by atoms with van der Waals surface area (Å²) in [5, 5.41) is 0. The van der Waals surface area contributed by atoms with Crippen molar-refractivity contribution >= 4 is 0 Å². The summed E-state index contributed by atoms with van der Waals surface area (Å²) < 4.78 is 0. The molecule has 2 radical (unpaired) electrons. The average molecular weight is 200 g/mol. The third-order valence-electron chi connectivity index (χ3n) is 0. The summed E-state index contributed by atoms with van der Waals surface area (Å²) in [6.07, 6.45) is 0. The van der Waals surface area contributed by atoms with Crippen molar-refractivity contribution < 1.29 is 61.8 Å². The molecule has 4 heteroatoms. The van der Waals surface area contributed by atoms with E-state index in [0.29, 0.717) is 0 Å². The average Bonchev–Trinajstić information content (AvgIpc) is 0. The van der Waals surface area contributed by atoms with Gasteiger partial charge >= 0.3 is 34.1 Å². The van der Waals surface area contributed by atoms with Crippen LogP contribution >= 0.6 is 0 Å². The Morgan fingerprint density at radius 3 is 0.750 bits per heavy atom. The summed E-state index contributed by atoms with van der Waals surface area (Å²) in [4.78, 5) is 0. The quantitative estimate of drug-likeness (QED) is 0.342. The van der Waals surface area contributed by atoms with Crippen LogP contribution in [-0.2, 0) is 34.1 Å². The van der Waals surface area contributed by atoms with Crippen LogP contribution in [0.15, 0.2) is 0 Å². The Kier molecular flexibility index (Phi) is 264. The monoisotopic (exact) mass is 198 g/mol. The predicted octanol–water partition coefficient (Wildman–Crippen LogP) is -5.77. The number of halogens is 2. The second-order valence-corrected chi connectivity index (χ2v) is 0. The minimum Gasteiger partial charge on any atom is -1.00 e. The van der Waals surface area contributed by atoms with Crippen LogP contribution in [-0.4, -0.2) is 0 Å². The van der Waals surface area contributed by atoms with Gasteiger partial charge in [-0.25, -0.2) is 0 Å². The summed E-state index contributed by atoms with van der Waals surface area (Å²) in [6, 6.07) is 0. The van der Waals surface area contributed by atoms with Gasteiger partial charge in [0.1, 0.15) is 0 Å². The van der Waals surface area contributed by atoms with E-state index >= 15 is 0 Å². The standard InChI is InChI=1S/2ClH.2Cu.2H/h2*1H;;;;/q;;2*+2;2*-1/p-2. The van der Waals surface area contributed by atoms with Crippen molar-refractivity contribution in [1.29, 1.82) is 0 Å². The Balaban J connectivity index is 0. The molecule has 0 unspecified atom stereocenters. The molecule has 0 aliphatic heterocycles. The largest absolute Gasteiger partial charge is 2.00 e. The first-order valence-electron chi connectivity index (χ1n) is 0. The van der Waals surface area contributed by atoms with Gasteiger partial charge in [0.05, 0.1) is 0 Å². The zero-order valence-corrected chi connectivity index (χ0v) is 4.75. The summed E-state index contributed by atoms with van der Waals surface area (Å²) in [5.41, 5.74) is 0. The van der Waals surface area contributed by atoms with Crippen LogP contribution in [0.1, 0.15) is 2.85 Å². The maximum absolute atomic E-state index is 0. The zero-order valence-electron chi connectivity index (χ0n) is 3.36. The summed E-state index contributed by atoms with van der Waals surface area (Å²) in [5.74, 6) is 0. The fraction of sp³-hybridized carbons (Fsp3) is 0. The van der Waals surface area contributed by atoms with Gasteiger partial charge in [-0.15, -0.1) is 0 Å². The topological polar surface area (TPSA) is 0 Å². The van der Waals surface area contributed by atoms with Crippen molar-refractivity contribution in [1.82, 2.24) is 0 Å². The molecule has 0 aromatic rings. The first-order valence-corrected chi connectivity index (χ1v) is 0. The van der Waals surface area contributed by atoms with E-state index in [2.05, 4.69) is 0 Å². The van der Waals surface area contributed by atoms with Crippen molar-refractivity contribution in [2.24, 2.45) is 0 Å². The van der Waals surface area contributed by atoms with Gasteiger partial charge in [-0.05, 0) is 0 Å². The maximum Gasteiger partial charge on any atom is 2.00 e.